The number of amides is 4. The van der Waals surface area contributed by atoms with E-state index in [2.05, 4.69) is 10.6 Å². The normalized spacial score (nSPS) is 14.9. The lowest BCUT2D eigenvalue weighted by Crippen LogP contribution is -2.54. The van der Waals surface area contributed by atoms with E-state index in [0.29, 0.717) is 32.7 Å². The SMILES string of the molecule is CCNC(=O)N1CCN(C(=O)/C(=C\c2ccccc2)NC(C)=O)CC1. The molecule has 1 saturated heterocycles. The number of nitrogens with one attached hydrogen (secondary N) is 2. The molecule has 0 aliphatic carbocycles. The fourth-order valence-electron chi connectivity index (χ4n) is 2.60. The van der Waals surface area contributed by atoms with Crippen LogP contribution in [0.15, 0.2) is 36.0 Å². The monoisotopic (exact) mass is 344 g/mol. The minimum Gasteiger partial charge on any atom is -0.338 e. The molecule has 0 radical (unpaired) electrons. The molecule has 4 amide bonds. The van der Waals surface area contributed by atoms with Crippen LogP contribution in [-0.4, -0.2) is 60.4 Å². The summed E-state index contributed by atoms with van der Waals surface area (Å²) < 4.78 is 0. The van der Waals surface area contributed by atoms with E-state index < -0.39 is 0 Å². The van der Waals surface area contributed by atoms with Crippen molar-refractivity contribution in [2.45, 2.75) is 13.8 Å². The highest BCUT2D eigenvalue weighted by molar-refractivity contribution is 6.01. The standard InChI is InChI=1S/C18H24N4O3/c1-3-19-18(25)22-11-9-21(10-12-22)17(24)16(20-14(2)23)13-15-7-5-4-6-8-15/h4-8,13H,3,9-12H2,1-2H3,(H,19,25)(H,20,23)/b16-13+. The van der Waals surface area contributed by atoms with E-state index in [0.717, 1.165) is 5.56 Å². The van der Waals surface area contributed by atoms with Gasteiger partial charge in [0.2, 0.25) is 5.91 Å². The fourth-order valence-corrected chi connectivity index (χ4v) is 2.60. The van der Waals surface area contributed by atoms with Crippen LogP contribution in [0.3, 0.4) is 0 Å². The zero-order chi connectivity index (χ0) is 18.2. The van der Waals surface area contributed by atoms with E-state index in [1.807, 2.05) is 37.3 Å². The van der Waals surface area contributed by atoms with Crippen molar-refractivity contribution in [3.05, 3.63) is 41.6 Å². The number of urea groups is 1. The Labute approximate surface area is 147 Å². The van der Waals surface area contributed by atoms with Crippen LogP contribution in [0.25, 0.3) is 6.08 Å². The molecule has 0 spiro atoms. The summed E-state index contributed by atoms with van der Waals surface area (Å²) in [5.41, 5.74) is 1.07. The molecular formula is C18H24N4O3. The fraction of sp³-hybridized carbons (Fsp3) is 0.389. The van der Waals surface area contributed by atoms with E-state index in [-0.39, 0.29) is 23.5 Å². The van der Waals surface area contributed by atoms with Crippen LogP contribution in [0.1, 0.15) is 19.4 Å². The van der Waals surface area contributed by atoms with Gasteiger partial charge in [0, 0.05) is 39.6 Å². The largest absolute Gasteiger partial charge is 0.338 e. The van der Waals surface area contributed by atoms with Crippen LogP contribution < -0.4 is 10.6 Å². The summed E-state index contributed by atoms with van der Waals surface area (Å²) in [6, 6.07) is 9.23. The van der Waals surface area contributed by atoms with Crippen molar-refractivity contribution in [3.8, 4) is 0 Å². The molecule has 2 rings (SSSR count). The van der Waals surface area contributed by atoms with Gasteiger partial charge in [-0.1, -0.05) is 30.3 Å². The quantitative estimate of drug-likeness (QED) is 0.801. The maximum atomic E-state index is 12.8. The molecule has 134 valence electrons. The van der Waals surface area contributed by atoms with Crippen LogP contribution >= 0.6 is 0 Å². The molecule has 1 aromatic carbocycles. The van der Waals surface area contributed by atoms with Gasteiger partial charge in [0.15, 0.2) is 0 Å². The minimum absolute atomic E-state index is 0.114. The van der Waals surface area contributed by atoms with Crippen molar-refractivity contribution < 1.29 is 14.4 Å². The molecule has 0 saturated carbocycles. The summed E-state index contributed by atoms with van der Waals surface area (Å²) in [5, 5.41) is 5.37. The second kappa shape index (κ2) is 8.86. The van der Waals surface area contributed by atoms with Crippen molar-refractivity contribution in [1.82, 2.24) is 20.4 Å². The van der Waals surface area contributed by atoms with E-state index in [9.17, 15) is 14.4 Å². The van der Waals surface area contributed by atoms with E-state index in [1.165, 1.54) is 6.92 Å². The van der Waals surface area contributed by atoms with Crippen molar-refractivity contribution in [2.24, 2.45) is 0 Å². The van der Waals surface area contributed by atoms with Crippen LogP contribution in [0.4, 0.5) is 4.79 Å². The first kappa shape index (κ1) is 18.5. The highest BCUT2D eigenvalue weighted by Gasteiger charge is 2.26. The molecule has 1 aromatic rings. The number of carbonyl (C=O) groups excluding carboxylic acids is 3. The van der Waals surface area contributed by atoms with Gasteiger partial charge in [-0.2, -0.15) is 0 Å². The second-order valence-electron chi connectivity index (χ2n) is 5.76. The Bertz CT molecular complexity index is 650. The van der Waals surface area contributed by atoms with Crippen molar-refractivity contribution in [1.29, 1.82) is 0 Å². The van der Waals surface area contributed by atoms with Crippen molar-refractivity contribution in [2.75, 3.05) is 32.7 Å². The highest BCUT2D eigenvalue weighted by Crippen LogP contribution is 2.10. The molecule has 1 fully saturated rings. The molecular weight excluding hydrogens is 320 g/mol. The van der Waals surface area contributed by atoms with Gasteiger partial charge in [-0.15, -0.1) is 0 Å². The third kappa shape index (κ3) is 5.34. The van der Waals surface area contributed by atoms with E-state index >= 15 is 0 Å². The molecule has 0 atom stereocenters. The summed E-state index contributed by atoms with van der Waals surface area (Å²) in [6.07, 6.45) is 1.67. The van der Waals surface area contributed by atoms with Crippen molar-refractivity contribution >= 4 is 23.9 Å². The van der Waals surface area contributed by atoms with Gasteiger partial charge in [0.05, 0.1) is 0 Å². The third-order valence-electron chi connectivity index (χ3n) is 3.83. The number of nitrogens with zero attached hydrogens (tertiary/aromatic N) is 2. The number of rotatable bonds is 4. The van der Waals surface area contributed by atoms with Gasteiger partial charge in [-0.3, -0.25) is 9.59 Å². The number of benzene rings is 1. The maximum Gasteiger partial charge on any atom is 0.317 e. The summed E-state index contributed by atoms with van der Waals surface area (Å²) in [6.45, 7) is 5.62. The van der Waals surface area contributed by atoms with Crippen LogP contribution in [0.5, 0.6) is 0 Å². The van der Waals surface area contributed by atoms with Gasteiger partial charge in [0.1, 0.15) is 5.70 Å². The molecule has 0 bridgehead atoms. The predicted molar refractivity (Wildman–Crippen MR) is 95.5 cm³/mol. The van der Waals surface area contributed by atoms with Gasteiger partial charge < -0.3 is 20.4 Å². The Hall–Kier alpha value is -2.83. The van der Waals surface area contributed by atoms with Crippen molar-refractivity contribution in [3.63, 3.8) is 0 Å². The molecule has 1 heterocycles. The Morgan fingerprint density at radius 2 is 1.64 bits per heavy atom. The zero-order valence-electron chi connectivity index (χ0n) is 14.6. The van der Waals surface area contributed by atoms with Gasteiger partial charge in [0.25, 0.3) is 5.91 Å². The summed E-state index contributed by atoms with van der Waals surface area (Å²) in [5.74, 6) is -0.536. The lowest BCUT2D eigenvalue weighted by atomic mass is 10.1. The molecule has 1 aliphatic rings. The molecule has 7 nitrogen and oxygen atoms in total. The van der Waals surface area contributed by atoms with Gasteiger partial charge in [-0.05, 0) is 18.6 Å². The van der Waals surface area contributed by atoms with Gasteiger partial charge >= 0.3 is 6.03 Å². The molecule has 7 heteroatoms. The number of piperazine rings is 1. The van der Waals surface area contributed by atoms with Crippen LogP contribution in [-0.2, 0) is 9.59 Å². The number of hydrogen-bond donors (Lipinski definition) is 2. The molecule has 0 aromatic heterocycles. The Morgan fingerprint density at radius 3 is 2.20 bits per heavy atom. The predicted octanol–water partition coefficient (Wildman–Crippen LogP) is 1.04. The maximum absolute atomic E-state index is 12.8. The Kier molecular flexibility index (Phi) is 6.56. The van der Waals surface area contributed by atoms with Crippen LogP contribution in [0, 0.1) is 0 Å². The first-order valence-electron chi connectivity index (χ1n) is 8.37. The average Bonchev–Trinajstić information content (AvgIpc) is 2.61. The lowest BCUT2D eigenvalue weighted by Gasteiger charge is -2.35. The summed E-state index contributed by atoms with van der Waals surface area (Å²) in [7, 11) is 0. The molecule has 25 heavy (non-hydrogen) atoms. The zero-order valence-corrected chi connectivity index (χ0v) is 14.6. The minimum atomic E-state index is -0.295. The van der Waals surface area contributed by atoms with Crippen LogP contribution in [0.2, 0.25) is 0 Å². The molecule has 2 N–H and O–H groups in total. The number of carbonyl (C=O) groups is 3. The number of hydrogen-bond acceptors (Lipinski definition) is 3. The first-order valence-corrected chi connectivity index (χ1v) is 8.37. The Morgan fingerprint density at radius 1 is 1.04 bits per heavy atom. The Balaban J connectivity index is 2.06. The van der Waals surface area contributed by atoms with E-state index in [4.69, 9.17) is 0 Å². The average molecular weight is 344 g/mol. The summed E-state index contributed by atoms with van der Waals surface area (Å²) in [4.78, 5) is 39.4. The summed E-state index contributed by atoms with van der Waals surface area (Å²) >= 11 is 0. The first-order chi connectivity index (χ1) is 12.0. The van der Waals surface area contributed by atoms with E-state index in [1.54, 1.807) is 15.9 Å². The topological polar surface area (TPSA) is 81.8 Å². The third-order valence-corrected chi connectivity index (χ3v) is 3.83. The molecule has 0 unspecified atom stereocenters. The van der Waals surface area contributed by atoms with Gasteiger partial charge in [-0.25, -0.2) is 4.79 Å². The second-order valence-corrected chi connectivity index (χ2v) is 5.76. The lowest BCUT2D eigenvalue weighted by molar-refractivity contribution is -0.130. The highest BCUT2D eigenvalue weighted by atomic mass is 16.2. The smallest absolute Gasteiger partial charge is 0.317 e. The molecule has 1 aliphatic heterocycles.